The summed E-state index contributed by atoms with van der Waals surface area (Å²) in [5.41, 5.74) is 9.31. The van der Waals surface area contributed by atoms with Crippen LogP contribution in [0, 0.1) is 0 Å². The van der Waals surface area contributed by atoms with E-state index < -0.39 is 11.8 Å². The maximum Gasteiger partial charge on any atom is 0.276 e. The standard InChI is InChI=1S/C19H20N6O3/c1-2-15(12-8-10-13(11-9-12)18(26)24-28)21-19(27)16-17(20)23-25(22-16)14-6-4-3-5-7-14/h3-11,15,28H,2H2,1H3,(H2,20,23)(H,21,27)(H,24,26)/t15-/m0/s1. The van der Waals surface area contributed by atoms with Crippen LogP contribution in [0.3, 0.4) is 0 Å². The third kappa shape index (κ3) is 3.99. The highest BCUT2D eigenvalue weighted by Crippen LogP contribution is 2.19. The van der Waals surface area contributed by atoms with E-state index in [0.717, 1.165) is 5.56 Å². The summed E-state index contributed by atoms with van der Waals surface area (Å²) in [5, 5.41) is 19.9. The zero-order chi connectivity index (χ0) is 20.1. The Morgan fingerprint density at radius 1 is 1.07 bits per heavy atom. The summed E-state index contributed by atoms with van der Waals surface area (Å²) in [4.78, 5) is 25.4. The Bertz CT molecular complexity index is 969. The minimum Gasteiger partial charge on any atom is -0.380 e. The van der Waals surface area contributed by atoms with Crippen LogP contribution in [0.15, 0.2) is 54.6 Å². The summed E-state index contributed by atoms with van der Waals surface area (Å²) < 4.78 is 0. The number of para-hydroxylation sites is 1. The average molecular weight is 380 g/mol. The predicted octanol–water partition coefficient (Wildman–Crippen LogP) is 1.85. The van der Waals surface area contributed by atoms with Crippen molar-refractivity contribution in [3.63, 3.8) is 0 Å². The molecule has 0 aliphatic rings. The Morgan fingerprint density at radius 3 is 2.36 bits per heavy atom. The Balaban J connectivity index is 1.77. The van der Waals surface area contributed by atoms with Crippen LogP contribution >= 0.6 is 0 Å². The molecule has 1 heterocycles. The number of rotatable bonds is 6. The lowest BCUT2D eigenvalue weighted by molar-refractivity contribution is 0.0706. The fraction of sp³-hybridized carbons (Fsp3) is 0.158. The van der Waals surface area contributed by atoms with Gasteiger partial charge < -0.3 is 11.1 Å². The molecule has 144 valence electrons. The molecule has 2 amide bonds. The lowest BCUT2D eigenvalue weighted by Crippen LogP contribution is -2.29. The van der Waals surface area contributed by atoms with Crippen LogP contribution in [0.25, 0.3) is 5.69 Å². The van der Waals surface area contributed by atoms with Gasteiger partial charge in [-0.25, -0.2) is 5.48 Å². The van der Waals surface area contributed by atoms with Crippen molar-refractivity contribution in [1.82, 2.24) is 25.8 Å². The maximum absolute atomic E-state index is 12.7. The largest absolute Gasteiger partial charge is 0.380 e. The molecule has 1 atom stereocenters. The van der Waals surface area contributed by atoms with Crippen molar-refractivity contribution >= 4 is 17.6 Å². The van der Waals surface area contributed by atoms with E-state index in [1.165, 1.54) is 4.80 Å². The highest BCUT2D eigenvalue weighted by Gasteiger charge is 2.21. The Hall–Kier alpha value is -3.72. The Kier molecular flexibility index (Phi) is 5.66. The minimum atomic E-state index is -0.603. The lowest BCUT2D eigenvalue weighted by atomic mass is 10.0. The molecule has 0 aliphatic heterocycles. The molecular formula is C19H20N6O3. The molecule has 3 aromatic rings. The number of aromatic nitrogens is 3. The quantitative estimate of drug-likeness (QED) is 0.381. The minimum absolute atomic E-state index is 0.0335. The lowest BCUT2D eigenvalue weighted by Gasteiger charge is -2.17. The SMILES string of the molecule is CC[C@H](NC(=O)c1nn(-c2ccccc2)nc1N)c1ccc(C(=O)NO)cc1. The van der Waals surface area contributed by atoms with E-state index in [9.17, 15) is 9.59 Å². The normalized spacial score (nSPS) is 11.6. The van der Waals surface area contributed by atoms with Gasteiger partial charge in [0.05, 0.1) is 11.7 Å². The highest BCUT2D eigenvalue weighted by molar-refractivity contribution is 5.96. The van der Waals surface area contributed by atoms with Gasteiger partial charge in [-0.2, -0.15) is 0 Å². The van der Waals surface area contributed by atoms with Crippen molar-refractivity contribution in [3.8, 4) is 5.69 Å². The molecule has 0 spiro atoms. The molecule has 5 N–H and O–H groups in total. The molecule has 3 rings (SSSR count). The molecule has 0 fully saturated rings. The van der Waals surface area contributed by atoms with E-state index in [0.29, 0.717) is 17.7 Å². The topological polar surface area (TPSA) is 135 Å². The second-order valence-corrected chi connectivity index (χ2v) is 6.06. The molecule has 0 saturated carbocycles. The number of carbonyl (C=O) groups excluding carboxylic acids is 2. The number of amides is 2. The summed E-state index contributed by atoms with van der Waals surface area (Å²) in [7, 11) is 0. The third-order valence-corrected chi connectivity index (χ3v) is 4.23. The van der Waals surface area contributed by atoms with Gasteiger partial charge in [0.2, 0.25) is 0 Å². The Morgan fingerprint density at radius 2 is 1.75 bits per heavy atom. The molecule has 0 aliphatic carbocycles. The fourth-order valence-corrected chi connectivity index (χ4v) is 2.74. The van der Waals surface area contributed by atoms with Crippen molar-refractivity contribution in [3.05, 3.63) is 71.4 Å². The van der Waals surface area contributed by atoms with Crippen LogP contribution < -0.4 is 16.5 Å². The van der Waals surface area contributed by atoms with Crippen LogP contribution in [0.4, 0.5) is 5.82 Å². The first kappa shape index (κ1) is 19.1. The van der Waals surface area contributed by atoms with Gasteiger partial charge in [-0.3, -0.25) is 14.8 Å². The average Bonchev–Trinajstić information content (AvgIpc) is 3.14. The zero-order valence-electron chi connectivity index (χ0n) is 15.2. The van der Waals surface area contributed by atoms with E-state index in [2.05, 4.69) is 15.5 Å². The van der Waals surface area contributed by atoms with Crippen LogP contribution in [-0.2, 0) is 0 Å². The van der Waals surface area contributed by atoms with Gasteiger partial charge in [0.1, 0.15) is 0 Å². The molecular weight excluding hydrogens is 360 g/mol. The summed E-state index contributed by atoms with van der Waals surface area (Å²) in [6, 6.07) is 15.4. The van der Waals surface area contributed by atoms with E-state index in [-0.39, 0.29) is 17.6 Å². The third-order valence-electron chi connectivity index (χ3n) is 4.23. The van der Waals surface area contributed by atoms with E-state index >= 15 is 0 Å². The molecule has 0 bridgehead atoms. The zero-order valence-corrected chi connectivity index (χ0v) is 15.2. The number of nitrogens with zero attached hydrogens (tertiary/aromatic N) is 3. The molecule has 1 aromatic heterocycles. The van der Waals surface area contributed by atoms with Gasteiger partial charge in [0.15, 0.2) is 11.5 Å². The summed E-state index contributed by atoms with van der Waals surface area (Å²) >= 11 is 0. The van der Waals surface area contributed by atoms with E-state index in [4.69, 9.17) is 10.9 Å². The molecule has 2 aromatic carbocycles. The molecule has 28 heavy (non-hydrogen) atoms. The van der Waals surface area contributed by atoms with E-state index in [1.54, 1.807) is 41.9 Å². The number of hydrogen-bond donors (Lipinski definition) is 4. The monoisotopic (exact) mass is 380 g/mol. The van der Waals surface area contributed by atoms with Gasteiger partial charge in [0, 0.05) is 5.56 Å². The first-order valence-corrected chi connectivity index (χ1v) is 8.67. The van der Waals surface area contributed by atoms with Gasteiger partial charge in [-0.15, -0.1) is 15.0 Å². The van der Waals surface area contributed by atoms with Gasteiger partial charge in [-0.1, -0.05) is 37.3 Å². The predicted molar refractivity (Wildman–Crippen MR) is 102 cm³/mol. The number of anilines is 1. The second kappa shape index (κ2) is 8.31. The maximum atomic E-state index is 12.7. The van der Waals surface area contributed by atoms with Crippen molar-refractivity contribution < 1.29 is 14.8 Å². The van der Waals surface area contributed by atoms with Crippen LogP contribution in [0.1, 0.15) is 45.8 Å². The summed E-state index contributed by atoms with van der Waals surface area (Å²) in [6.07, 6.45) is 0.615. The number of nitrogens with two attached hydrogens (primary N) is 1. The first-order chi connectivity index (χ1) is 13.5. The Labute approximate surface area is 161 Å². The van der Waals surface area contributed by atoms with Crippen molar-refractivity contribution in [2.24, 2.45) is 0 Å². The molecule has 0 saturated heterocycles. The van der Waals surface area contributed by atoms with Crippen LogP contribution in [0.5, 0.6) is 0 Å². The van der Waals surface area contributed by atoms with Gasteiger partial charge in [0.25, 0.3) is 11.8 Å². The molecule has 0 unspecified atom stereocenters. The summed E-state index contributed by atoms with van der Waals surface area (Å²) in [5.74, 6) is -1.01. The van der Waals surface area contributed by atoms with Crippen molar-refractivity contribution in [1.29, 1.82) is 0 Å². The van der Waals surface area contributed by atoms with E-state index in [1.807, 2.05) is 25.1 Å². The van der Waals surface area contributed by atoms with Gasteiger partial charge >= 0.3 is 0 Å². The number of hydrogen-bond acceptors (Lipinski definition) is 6. The van der Waals surface area contributed by atoms with Crippen LogP contribution in [-0.4, -0.2) is 32.0 Å². The molecule has 9 heteroatoms. The van der Waals surface area contributed by atoms with Gasteiger partial charge in [-0.05, 0) is 36.2 Å². The molecule has 0 radical (unpaired) electrons. The number of nitrogen functional groups attached to an aromatic ring is 1. The highest BCUT2D eigenvalue weighted by atomic mass is 16.5. The first-order valence-electron chi connectivity index (χ1n) is 8.67. The number of carbonyl (C=O) groups is 2. The van der Waals surface area contributed by atoms with Crippen molar-refractivity contribution in [2.75, 3.05) is 5.73 Å². The van der Waals surface area contributed by atoms with Crippen molar-refractivity contribution in [2.45, 2.75) is 19.4 Å². The second-order valence-electron chi connectivity index (χ2n) is 6.06. The number of benzene rings is 2. The number of nitrogens with one attached hydrogen (secondary N) is 2. The molecule has 9 nitrogen and oxygen atoms in total. The number of hydroxylamine groups is 1. The smallest absolute Gasteiger partial charge is 0.276 e. The van der Waals surface area contributed by atoms with Crippen LogP contribution in [0.2, 0.25) is 0 Å². The fourth-order valence-electron chi connectivity index (χ4n) is 2.74. The summed E-state index contributed by atoms with van der Waals surface area (Å²) in [6.45, 7) is 1.92.